The maximum atomic E-state index is 12.0. The van der Waals surface area contributed by atoms with Crippen molar-refractivity contribution in [3.05, 3.63) is 60.2 Å². The summed E-state index contributed by atoms with van der Waals surface area (Å²) in [5.41, 5.74) is 1.06. The first kappa shape index (κ1) is 24.6. The van der Waals surface area contributed by atoms with Crippen molar-refractivity contribution in [2.75, 3.05) is 19.0 Å². The predicted octanol–water partition coefficient (Wildman–Crippen LogP) is 1.04. The Labute approximate surface area is 185 Å². The van der Waals surface area contributed by atoms with Gasteiger partial charge >= 0.3 is 5.97 Å². The van der Waals surface area contributed by atoms with Gasteiger partial charge in [0.2, 0.25) is 15.9 Å². The highest BCUT2D eigenvalue weighted by Crippen LogP contribution is 2.13. The number of hydrogen-bond acceptors (Lipinski definition) is 7. The predicted molar refractivity (Wildman–Crippen MR) is 117 cm³/mol. The van der Waals surface area contributed by atoms with Crippen molar-refractivity contribution in [2.45, 2.75) is 17.9 Å². The number of nitrogens with one attached hydrogen (secondary N) is 2. The molecule has 1 atom stereocenters. The molecule has 4 N–H and O–H groups in total. The highest BCUT2D eigenvalue weighted by molar-refractivity contribution is 7.89. The molecule has 0 saturated carbocycles. The summed E-state index contributed by atoms with van der Waals surface area (Å²) in [5, 5.41) is 9.88. The van der Waals surface area contributed by atoms with Crippen molar-refractivity contribution in [3.8, 4) is 5.75 Å². The number of rotatable bonds is 9. The summed E-state index contributed by atoms with van der Waals surface area (Å²) >= 11 is 0. The van der Waals surface area contributed by atoms with E-state index in [9.17, 15) is 22.8 Å². The standard InChI is InChI=1S/C21H23N3O7S/c1-14(23-19(25)12-5-15-3-8-17(30-2)9-4-15)21(27)31-13-20(26)24-16-6-10-18(11-7-16)32(22,28)29/h3-12,14H,13H2,1-2H3,(H,23,25)(H,24,26)(H2,22,28,29)/b12-5+/t14-/m0/s1. The Bertz CT molecular complexity index is 1100. The van der Waals surface area contributed by atoms with Crippen LogP contribution in [0, 0.1) is 0 Å². The monoisotopic (exact) mass is 461 g/mol. The van der Waals surface area contributed by atoms with Crippen molar-refractivity contribution in [1.29, 1.82) is 0 Å². The summed E-state index contributed by atoms with van der Waals surface area (Å²) in [6, 6.07) is 11.2. The number of methoxy groups -OCH3 is 1. The van der Waals surface area contributed by atoms with Crippen LogP contribution in [0.5, 0.6) is 5.75 Å². The summed E-state index contributed by atoms with van der Waals surface area (Å²) in [6.45, 7) is 0.836. The van der Waals surface area contributed by atoms with E-state index >= 15 is 0 Å². The molecular weight excluding hydrogens is 438 g/mol. The van der Waals surface area contributed by atoms with Gasteiger partial charge in [-0.2, -0.15) is 0 Å². The molecule has 2 amide bonds. The minimum Gasteiger partial charge on any atom is -0.497 e. The van der Waals surface area contributed by atoms with E-state index in [4.69, 9.17) is 14.6 Å². The minimum absolute atomic E-state index is 0.104. The molecule has 0 aliphatic rings. The average Bonchev–Trinajstić information content (AvgIpc) is 2.76. The molecule has 0 spiro atoms. The van der Waals surface area contributed by atoms with Crippen molar-refractivity contribution >= 4 is 39.6 Å². The van der Waals surface area contributed by atoms with E-state index < -0.39 is 40.5 Å². The van der Waals surface area contributed by atoms with Crippen molar-refractivity contribution in [3.63, 3.8) is 0 Å². The van der Waals surface area contributed by atoms with Gasteiger partial charge in [-0.3, -0.25) is 9.59 Å². The van der Waals surface area contributed by atoms with Crippen LogP contribution in [0.4, 0.5) is 5.69 Å². The van der Waals surface area contributed by atoms with Gasteiger partial charge in [-0.15, -0.1) is 0 Å². The summed E-state index contributed by atoms with van der Waals surface area (Å²) < 4.78 is 32.4. The second-order valence-corrected chi connectivity index (χ2v) is 8.12. The van der Waals surface area contributed by atoms with Crippen molar-refractivity contribution in [1.82, 2.24) is 5.32 Å². The van der Waals surface area contributed by atoms with Gasteiger partial charge in [0.05, 0.1) is 12.0 Å². The first-order chi connectivity index (χ1) is 15.1. The smallest absolute Gasteiger partial charge is 0.328 e. The molecule has 10 nitrogen and oxygen atoms in total. The number of carbonyl (C=O) groups is 3. The summed E-state index contributed by atoms with van der Waals surface area (Å²) in [5.74, 6) is -1.26. The van der Waals surface area contributed by atoms with Gasteiger partial charge < -0.3 is 20.1 Å². The SMILES string of the molecule is COc1ccc(/C=C/C(=O)N[C@@H](C)C(=O)OCC(=O)Nc2ccc(S(N)(=O)=O)cc2)cc1. The van der Waals surface area contributed by atoms with E-state index in [-0.39, 0.29) is 4.90 Å². The lowest BCUT2D eigenvalue weighted by molar-refractivity contribution is -0.149. The Morgan fingerprint density at radius 3 is 2.25 bits per heavy atom. The highest BCUT2D eigenvalue weighted by Gasteiger charge is 2.17. The lowest BCUT2D eigenvalue weighted by Gasteiger charge is -2.12. The molecule has 0 fully saturated rings. The Balaban J connectivity index is 1.78. The summed E-state index contributed by atoms with van der Waals surface area (Å²) in [4.78, 5) is 35.8. The third kappa shape index (κ3) is 7.85. The van der Waals surface area contributed by atoms with Gasteiger partial charge in [-0.1, -0.05) is 12.1 Å². The number of primary sulfonamides is 1. The number of benzene rings is 2. The van der Waals surface area contributed by atoms with Gasteiger partial charge in [0.25, 0.3) is 5.91 Å². The number of amides is 2. The molecule has 0 aromatic heterocycles. The fourth-order valence-electron chi connectivity index (χ4n) is 2.39. The fourth-order valence-corrected chi connectivity index (χ4v) is 2.91. The third-order valence-corrected chi connectivity index (χ3v) is 5.00. The van der Waals surface area contributed by atoms with E-state index in [2.05, 4.69) is 10.6 Å². The number of carbonyl (C=O) groups excluding carboxylic acids is 3. The molecule has 0 heterocycles. The molecule has 0 aliphatic carbocycles. The molecule has 0 bridgehead atoms. The summed E-state index contributed by atoms with van der Waals surface area (Å²) in [6.07, 6.45) is 2.84. The number of nitrogens with two attached hydrogens (primary N) is 1. The fraction of sp³-hybridized carbons (Fsp3) is 0.190. The first-order valence-electron chi connectivity index (χ1n) is 9.30. The van der Waals surface area contributed by atoms with E-state index in [0.29, 0.717) is 11.4 Å². The van der Waals surface area contributed by atoms with Crippen molar-refractivity contribution < 1.29 is 32.3 Å². The van der Waals surface area contributed by atoms with E-state index in [0.717, 1.165) is 5.56 Å². The molecule has 32 heavy (non-hydrogen) atoms. The minimum atomic E-state index is -3.84. The topological polar surface area (TPSA) is 154 Å². The molecule has 0 radical (unpaired) electrons. The maximum absolute atomic E-state index is 12.0. The number of esters is 1. The van der Waals surface area contributed by atoms with Crippen molar-refractivity contribution in [2.24, 2.45) is 5.14 Å². The third-order valence-electron chi connectivity index (χ3n) is 4.07. The van der Waals surface area contributed by atoms with Crippen LogP contribution in [0.25, 0.3) is 6.08 Å². The molecule has 0 aliphatic heterocycles. The zero-order valence-electron chi connectivity index (χ0n) is 17.4. The lowest BCUT2D eigenvalue weighted by atomic mass is 10.2. The Morgan fingerprint density at radius 2 is 1.69 bits per heavy atom. The normalized spacial score (nSPS) is 12.1. The Hall–Kier alpha value is -3.70. The van der Waals surface area contributed by atoms with Gasteiger partial charge in [0.15, 0.2) is 6.61 Å². The molecule has 2 aromatic carbocycles. The van der Waals surface area contributed by atoms with Gasteiger partial charge in [0, 0.05) is 11.8 Å². The average molecular weight is 461 g/mol. The molecule has 2 aromatic rings. The molecular formula is C21H23N3O7S. The molecule has 2 rings (SSSR count). The van der Waals surface area contributed by atoms with E-state index in [1.807, 2.05) is 0 Å². The van der Waals surface area contributed by atoms with Gasteiger partial charge in [-0.25, -0.2) is 18.4 Å². The van der Waals surface area contributed by atoms with Crippen LogP contribution in [0.1, 0.15) is 12.5 Å². The van der Waals surface area contributed by atoms with Crippen LogP contribution in [-0.2, 0) is 29.1 Å². The maximum Gasteiger partial charge on any atom is 0.328 e. The molecule has 170 valence electrons. The van der Waals surface area contributed by atoms with Crippen LogP contribution in [0.3, 0.4) is 0 Å². The van der Waals surface area contributed by atoms with Crippen LogP contribution >= 0.6 is 0 Å². The first-order valence-corrected chi connectivity index (χ1v) is 10.8. The summed E-state index contributed by atoms with van der Waals surface area (Å²) in [7, 11) is -2.29. The van der Waals surface area contributed by atoms with Gasteiger partial charge in [0.1, 0.15) is 11.8 Å². The number of anilines is 1. The van der Waals surface area contributed by atoms with E-state index in [1.54, 1.807) is 37.5 Å². The largest absolute Gasteiger partial charge is 0.497 e. The number of ether oxygens (including phenoxy) is 2. The van der Waals surface area contributed by atoms with Crippen LogP contribution in [-0.4, -0.2) is 46.0 Å². The second-order valence-electron chi connectivity index (χ2n) is 6.56. The number of sulfonamides is 1. The molecule has 0 saturated heterocycles. The zero-order chi connectivity index (χ0) is 23.7. The van der Waals surface area contributed by atoms with Crippen LogP contribution < -0.4 is 20.5 Å². The Morgan fingerprint density at radius 1 is 1.06 bits per heavy atom. The van der Waals surface area contributed by atoms with Gasteiger partial charge in [-0.05, 0) is 55.0 Å². The highest BCUT2D eigenvalue weighted by atomic mass is 32.2. The molecule has 11 heteroatoms. The lowest BCUT2D eigenvalue weighted by Crippen LogP contribution is -2.39. The molecule has 0 unspecified atom stereocenters. The van der Waals surface area contributed by atoms with Crippen LogP contribution in [0.2, 0.25) is 0 Å². The Kier molecular flexibility index (Phi) is 8.50. The quantitative estimate of drug-likeness (QED) is 0.372. The van der Waals surface area contributed by atoms with Crippen LogP contribution in [0.15, 0.2) is 59.5 Å². The zero-order valence-corrected chi connectivity index (χ0v) is 18.2. The second kappa shape index (κ2) is 11.1. The van der Waals surface area contributed by atoms with E-state index in [1.165, 1.54) is 37.3 Å². The number of hydrogen-bond donors (Lipinski definition) is 3.